The fraction of sp³-hybridized carbons (Fsp3) is 0.0741. The topological polar surface area (TPSA) is 117 Å². The third kappa shape index (κ3) is 4.39. The maximum absolute atomic E-state index is 13.3. The lowest BCUT2D eigenvalue weighted by Gasteiger charge is -2.12. The number of pyridine rings is 2. The Labute approximate surface area is 210 Å². The van der Waals surface area contributed by atoms with Crippen molar-refractivity contribution in [1.29, 1.82) is 5.26 Å². The molecular weight excluding hydrogens is 470 g/mol. The second-order valence-corrected chi connectivity index (χ2v) is 8.91. The van der Waals surface area contributed by atoms with Crippen LogP contribution < -0.4 is 5.32 Å². The summed E-state index contributed by atoms with van der Waals surface area (Å²) < 4.78 is 0. The van der Waals surface area contributed by atoms with E-state index < -0.39 is 0 Å². The number of anilines is 1. The van der Waals surface area contributed by atoms with Crippen LogP contribution in [-0.4, -0.2) is 30.8 Å². The largest absolute Gasteiger partial charge is 0.298 e. The van der Waals surface area contributed by atoms with Crippen LogP contribution in [0, 0.1) is 37.5 Å². The molecule has 4 aromatic heterocycles. The molecule has 172 valence electrons. The van der Waals surface area contributed by atoms with E-state index in [1.54, 1.807) is 24.5 Å². The van der Waals surface area contributed by atoms with Gasteiger partial charge in [0.05, 0.1) is 34.7 Å². The summed E-state index contributed by atoms with van der Waals surface area (Å²) >= 11 is 1.22. The van der Waals surface area contributed by atoms with E-state index in [0.717, 1.165) is 22.5 Å². The molecule has 0 spiro atoms. The zero-order chi connectivity index (χ0) is 25.2. The number of thiazole rings is 1. The minimum absolute atomic E-state index is 0.362. The molecule has 0 saturated carbocycles. The Morgan fingerprint density at radius 1 is 0.972 bits per heavy atom. The number of hydrogen-bond donors (Lipinski definition) is 1. The van der Waals surface area contributed by atoms with E-state index in [1.807, 2.05) is 38.1 Å². The van der Waals surface area contributed by atoms with Crippen molar-refractivity contribution in [3.05, 3.63) is 83.1 Å². The third-order valence-corrected chi connectivity index (χ3v) is 6.28. The van der Waals surface area contributed by atoms with E-state index in [1.165, 1.54) is 17.5 Å². The number of terminal acetylenes is 1. The van der Waals surface area contributed by atoms with Gasteiger partial charge in [-0.05, 0) is 43.7 Å². The molecule has 36 heavy (non-hydrogen) atoms. The molecule has 5 rings (SSSR count). The van der Waals surface area contributed by atoms with Crippen LogP contribution in [0.5, 0.6) is 0 Å². The highest BCUT2D eigenvalue weighted by Gasteiger charge is 2.19. The molecule has 0 aliphatic carbocycles. The second-order valence-electron chi connectivity index (χ2n) is 7.93. The van der Waals surface area contributed by atoms with E-state index in [0.29, 0.717) is 43.6 Å². The van der Waals surface area contributed by atoms with Gasteiger partial charge in [-0.1, -0.05) is 29.4 Å². The zero-order valence-electron chi connectivity index (χ0n) is 19.3. The number of rotatable bonds is 4. The molecule has 4 heterocycles. The summed E-state index contributed by atoms with van der Waals surface area (Å²) in [7, 11) is 0. The van der Waals surface area contributed by atoms with Crippen LogP contribution >= 0.6 is 11.3 Å². The SMILES string of the molecule is C#Cc1cnc(C)cc1-c1cc(C)ncc1C(=O)Nc1nc2ncc(-c3ccc(C#N)cc3)nc2s1. The van der Waals surface area contributed by atoms with E-state index in [4.69, 9.17) is 11.7 Å². The van der Waals surface area contributed by atoms with Crippen LogP contribution in [0.2, 0.25) is 0 Å². The van der Waals surface area contributed by atoms with Crippen molar-refractivity contribution >= 4 is 32.9 Å². The number of carbonyl (C=O) groups excluding carboxylic acids is 1. The molecule has 8 nitrogen and oxygen atoms in total. The molecule has 1 aromatic carbocycles. The molecule has 0 aliphatic heterocycles. The third-order valence-electron chi connectivity index (χ3n) is 5.43. The highest BCUT2D eigenvalue weighted by Crippen LogP contribution is 2.30. The predicted octanol–water partition coefficient (Wildman–Crippen LogP) is 4.93. The Kier molecular flexibility index (Phi) is 5.91. The Hall–Kier alpha value is -4.99. The van der Waals surface area contributed by atoms with Crippen molar-refractivity contribution in [2.75, 3.05) is 5.32 Å². The number of aromatic nitrogens is 5. The molecule has 0 aliphatic rings. The molecule has 0 bridgehead atoms. The number of amides is 1. The molecule has 0 unspecified atom stereocenters. The van der Waals surface area contributed by atoms with Crippen LogP contribution in [0.15, 0.2) is 55.0 Å². The van der Waals surface area contributed by atoms with E-state index >= 15 is 0 Å². The lowest BCUT2D eigenvalue weighted by atomic mass is 9.96. The number of hydrogen-bond acceptors (Lipinski definition) is 8. The van der Waals surface area contributed by atoms with Crippen LogP contribution in [0.1, 0.15) is 32.9 Å². The van der Waals surface area contributed by atoms with Gasteiger partial charge in [-0.15, -0.1) is 6.42 Å². The molecule has 5 aromatic rings. The summed E-state index contributed by atoms with van der Waals surface area (Å²) in [5.41, 5.74) is 6.35. The number of carbonyl (C=O) groups is 1. The minimum atomic E-state index is -0.374. The average Bonchev–Trinajstić information content (AvgIpc) is 3.30. The van der Waals surface area contributed by atoms with Crippen molar-refractivity contribution in [3.8, 4) is 40.8 Å². The number of benzene rings is 1. The van der Waals surface area contributed by atoms with Gasteiger partial charge >= 0.3 is 0 Å². The highest BCUT2D eigenvalue weighted by atomic mass is 32.1. The van der Waals surface area contributed by atoms with Crippen molar-refractivity contribution in [2.24, 2.45) is 0 Å². The summed E-state index contributed by atoms with van der Waals surface area (Å²) in [5.74, 6) is 2.27. The summed E-state index contributed by atoms with van der Waals surface area (Å²) in [6.07, 6.45) is 10.5. The lowest BCUT2D eigenvalue weighted by Crippen LogP contribution is -2.14. The monoisotopic (exact) mass is 487 g/mol. The maximum atomic E-state index is 13.3. The van der Waals surface area contributed by atoms with Gasteiger partial charge in [0, 0.05) is 34.9 Å². The van der Waals surface area contributed by atoms with Gasteiger partial charge in [0.2, 0.25) is 0 Å². The highest BCUT2D eigenvalue weighted by molar-refractivity contribution is 7.21. The van der Waals surface area contributed by atoms with Crippen molar-refractivity contribution in [1.82, 2.24) is 24.9 Å². The quantitative estimate of drug-likeness (QED) is 0.357. The van der Waals surface area contributed by atoms with Gasteiger partial charge < -0.3 is 0 Å². The molecule has 0 radical (unpaired) electrons. The molecule has 9 heteroatoms. The number of nitrogens with one attached hydrogen (secondary N) is 1. The summed E-state index contributed by atoms with van der Waals surface area (Å²) in [6.45, 7) is 3.72. The standard InChI is InChI=1S/C27H17N7OS/c1-4-18-12-29-15(2)9-20(18)21-10-16(3)30-13-22(21)25(35)34-27-33-24-26(36-27)32-23(14-31-24)19-7-5-17(11-28)6-8-19/h1,5-10,12-14H,2-3H3,(H,31,33,34,35). The van der Waals surface area contributed by atoms with Crippen LogP contribution in [0.4, 0.5) is 5.13 Å². The van der Waals surface area contributed by atoms with Crippen LogP contribution in [0.25, 0.3) is 32.9 Å². The van der Waals surface area contributed by atoms with Crippen molar-refractivity contribution in [2.45, 2.75) is 13.8 Å². The molecule has 1 amide bonds. The van der Waals surface area contributed by atoms with Gasteiger partial charge in [-0.2, -0.15) is 10.2 Å². The van der Waals surface area contributed by atoms with Gasteiger partial charge in [0.1, 0.15) is 0 Å². The maximum Gasteiger partial charge on any atom is 0.259 e. The number of nitrogens with zero attached hydrogens (tertiary/aromatic N) is 6. The first-order chi connectivity index (χ1) is 17.4. The fourth-order valence-corrected chi connectivity index (χ4v) is 4.45. The zero-order valence-corrected chi connectivity index (χ0v) is 20.1. The van der Waals surface area contributed by atoms with Gasteiger partial charge in [-0.3, -0.25) is 20.1 Å². The van der Waals surface area contributed by atoms with E-state index in [-0.39, 0.29) is 5.91 Å². The first-order valence-corrected chi connectivity index (χ1v) is 11.6. The fourth-order valence-electron chi connectivity index (χ4n) is 3.66. The Balaban J connectivity index is 1.47. The average molecular weight is 488 g/mol. The number of fused-ring (bicyclic) bond motifs is 1. The molecule has 0 atom stereocenters. The summed E-state index contributed by atoms with van der Waals surface area (Å²) in [4.78, 5) is 35.9. The molecular formula is C27H17N7OS. The van der Waals surface area contributed by atoms with Crippen LogP contribution in [0.3, 0.4) is 0 Å². The van der Waals surface area contributed by atoms with Crippen molar-refractivity contribution < 1.29 is 4.79 Å². The normalized spacial score (nSPS) is 10.6. The van der Waals surface area contributed by atoms with Crippen LogP contribution in [-0.2, 0) is 0 Å². The van der Waals surface area contributed by atoms with Gasteiger partial charge in [-0.25, -0.2) is 9.97 Å². The Morgan fingerprint density at radius 3 is 2.42 bits per heavy atom. The van der Waals surface area contributed by atoms with E-state index in [2.05, 4.69) is 42.2 Å². The second kappa shape index (κ2) is 9.34. The first-order valence-electron chi connectivity index (χ1n) is 10.8. The Morgan fingerprint density at radius 2 is 1.69 bits per heavy atom. The molecule has 1 N–H and O–H groups in total. The number of nitriles is 1. The van der Waals surface area contributed by atoms with E-state index in [9.17, 15) is 4.79 Å². The lowest BCUT2D eigenvalue weighted by molar-refractivity contribution is 0.102. The summed E-state index contributed by atoms with van der Waals surface area (Å²) in [5, 5.41) is 12.2. The minimum Gasteiger partial charge on any atom is -0.298 e. The van der Waals surface area contributed by atoms with Crippen molar-refractivity contribution in [3.63, 3.8) is 0 Å². The smallest absolute Gasteiger partial charge is 0.259 e. The summed E-state index contributed by atoms with van der Waals surface area (Å²) in [6, 6.07) is 12.9. The molecule has 0 fully saturated rings. The predicted molar refractivity (Wildman–Crippen MR) is 138 cm³/mol. The van der Waals surface area contributed by atoms with Gasteiger partial charge in [0.25, 0.3) is 5.91 Å². The van der Waals surface area contributed by atoms with Gasteiger partial charge in [0.15, 0.2) is 15.6 Å². The first kappa shape index (κ1) is 22.8. The number of aryl methyl sites for hydroxylation is 2. The molecule has 0 saturated heterocycles. The Bertz CT molecular complexity index is 1730.